The summed E-state index contributed by atoms with van der Waals surface area (Å²) in [5, 5.41) is 9.05. The van der Waals surface area contributed by atoms with Crippen LogP contribution in [0, 0.1) is 0 Å². The number of fused-ring (bicyclic) bond motifs is 1. The van der Waals surface area contributed by atoms with Gasteiger partial charge in [0.2, 0.25) is 0 Å². The highest BCUT2D eigenvalue weighted by atomic mass is 16.4. The fourth-order valence-electron chi connectivity index (χ4n) is 2.15. The van der Waals surface area contributed by atoms with Crippen molar-refractivity contribution in [3.05, 3.63) is 29.6 Å². The molecule has 2 rings (SSSR count). The number of carbonyl (C=O) groups is 1. The first-order chi connectivity index (χ1) is 8.41. The minimum atomic E-state index is -0.805. The molecule has 18 heavy (non-hydrogen) atoms. The molecule has 4 heteroatoms. The third kappa shape index (κ3) is 1.98. The van der Waals surface area contributed by atoms with Crippen molar-refractivity contribution in [2.45, 2.75) is 32.6 Å². The lowest BCUT2D eigenvalue weighted by Gasteiger charge is -2.07. The molecule has 1 heterocycles. The Bertz CT molecular complexity index is 599. The summed E-state index contributed by atoms with van der Waals surface area (Å²) in [4.78, 5) is 15.6. The van der Waals surface area contributed by atoms with Crippen LogP contribution in [0.2, 0.25) is 0 Å². The van der Waals surface area contributed by atoms with Crippen LogP contribution >= 0.6 is 0 Å². The van der Waals surface area contributed by atoms with Crippen molar-refractivity contribution in [3.63, 3.8) is 0 Å². The molecule has 0 saturated carbocycles. The molecule has 1 atom stereocenters. The van der Waals surface area contributed by atoms with Gasteiger partial charge in [0.25, 0.3) is 0 Å². The van der Waals surface area contributed by atoms with Gasteiger partial charge in [-0.1, -0.05) is 19.9 Å². The third-order valence-corrected chi connectivity index (χ3v) is 3.33. The first-order valence-corrected chi connectivity index (χ1v) is 6.11. The lowest BCUT2D eigenvalue weighted by molar-refractivity contribution is -0.138. The number of carboxylic acids is 1. The molecule has 2 aromatic rings. The van der Waals surface area contributed by atoms with Gasteiger partial charge in [0.1, 0.15) is 5.82 Å². The average molecular weight is 246 g/mol. The molecule has 0 bridgehead atoms. The van der Waals surface area contributed by atoms with E-state index in [1.807, 2.05) is 29.8 Å². The Labute approximate surface area is 106 Å². The Kier molecular flexibility index (Phi) is 3.11. The minimum Gasteiger partial charge on any atom is -0.481 e. The summed E-state index contributed by atoms with van der Waals surface area (Å²) in [6.07, 6.45) is 0. The molecule has 1 unspecified atom stereocenters. The number of aliphatic carboxylic acids is 1. The number of rotatable bonds is 3. The fraction of sp³-hybridized carbons (Fsp3) is 0.429. The Balaban J connectivity index is 2.58. The van der Waals surface area contributed by atoms with Crippen molar-refractivity contribution in [2.75, 3.05) is 0 Å². The molecule has 4 nitrogen and oxygen atoms in total. The molecule has 0 aliphatic heterocycles. The van der Waals surface area contributed by atoms with E-state index in [0.717, 1.165) is 22.4 Å². The summed E-state index contributed by atoms with van der Waals surface area (Å²) < 4.78 is 2.04. The zero-order valence-corrected chi connectivity index (χ0v) is 11.1. The van der Waals surface area contributed by atoms with Gasteiger partial charge in [0.05, 0.1) is 17.0 Å². The average Bonchev–Trinajstić information content (AvgIpc) is 2.65. The third-order valence-electron chi connectivity index (χ3n) is 3.33. The van der Waals surface area contributed by atoms with Gasteiger partial charge in [-0.3, -0.25) is 4.79 Å². The molecule has 96 valence electrons. The Hall–Kier alpha value is -1.84. The maximum absolute atomic E-state index is 11.0. The van der Waals surface area contributed by atoms with Gasteiger partial charge in [0.15, 0.2) is 0 Å². The fourth-order valence-corrected chi connectivity index (χ4v) is 2.15. The molecular weight excluding hydrogens is 228 g/mol. The Morgan fingerprint density at radius 2 is 2.00 bits per heavy atom. The van der Waals surface area contributed by atoms with Crippen LogP contribution in [-0.4, -0.2) is 20.6 Å². The summed E-state index contributed by atoms with van der Waals surface area (Å²) in [5.41, 5.74) is 2.72. The zero-order valence-electron chi connectivity index (χ0n) is 11.1. The summed E-state index contributed by atoms with van der Waals surface area (Å²) >= 11 is 0. The summed E-state index contributed by atoms with van der Waals surface area (Å²) in [6.45, 7) is 5.90. The lowest BCUT2D eigenvalue weighted by atomic mass is 10.0. The van der Waals surface area contributed by atoms with Crippen LogP contribution in [-0.2, 0) is 11.8 Å². The van der Waals surface area contributed by atoms with Gasteiger partial charge < -0.3 is 9.67 Å². The van der Waals surface area contributed by atoms with Crippen molar-refractivity contribution >= 4 is 17.0 Å². The largest absolute Gasteiger partial charge is 0.481 e. The molecule has 0 amide bonds. The molecular formula is C14H18N2O2. The summed E-state index contributed by atoms with van der Waals surface area (Å²) in [6, 6.07) is 5.67. The molecule has 0 spiro atoms. The van der Waals surface area contributed by atoms with Gasteiger partial charge in [-0.15, -0.1) is 0 Å². The maximum atomic E-state index is 11.0. The molecule has 1 aromatic heterocycles. The van der Waals surface area contributed by atoms with E-state index in [0.29, 0.717) is 5.92 Å². The van der Waals surface area contributed by atoms with Crippen LogP contribution in [0.25, 0.3) is 11.0 Å². The standard InChI is InChI=1S/C14H18N2O2/c1-8(2)13-15-11-6-5-10(9(3)14(17)18)7-12(11)16(13)4/h5-9H,1-4H3,(H,17,18). The van der Waals surface area contributed by atoms with Gasteiger partial charge >= 0.3 is 5.97 Å². The molecule has 0 saturated heterocycles. The molecule has 0 aliphatic carbocycles. The van der Waals surface area contributed by atoms with E-state index in [-0.39, 0.29) is 0 Å². The normalized spacial score (nSPS) is 13.2. The second kappa shape index (κ2) is 4.44. The molecule has 1 N–H and O–H groups in total. The van der Waals surface area contributed by atoms with E-state index in [4.69, 9.17) is 5.11 Å². The second-order valence-electron chi connectivity index (χ2n) is 4.99. The van der Waals surface area contributed by atoms with E-state index in [1.165, 1.54) is 0 Å². The van der Waals surface area contributed by atoms with Crippen molar-refractivity contribution in [1.82, 2.24) is 9.55 Å². The zero-order chi connectivity index (χ0) is 13.4. The van der Waals surface area contributed by atoms with Crippen molar-refractivity contribution in [3.8, 4) is 0 Å². The van der Waals surface area contributed by atoms with Crippen molar-refractivity contribution < 1.29 is 9.90 Å². The first-order valence-electron chi connectivity index (χ1n) is 6.11. The lowest BCUT2D eigenvalue weighted by Crippen LogP contribution is -2.07. The van der Waals surface area contributed by atoms with E-state index >= 15 is 0 Å². The van der Waals surface area contributed by atoms with Gasteiger partial charge in [-0.2, -0.15) is 0 Å². The topological polar surface area (TPSA) is 55.1 Å². The number of benzene rings is 1. The highest BCUT2D eigenvalue weighted by Gasteiger charge is 2.16. The van der Waals surface area contributed by atoms with Crippen molar-refractivity contribution in [1.29, 1.82) is 0 Å². The van der Waals surface area contributed by atoms with Gasteiger partial charge in [-0.25, -0.2) is 4.98 Å². The monoisotopic (exact) mass is 246 g/mol. The van der Waals surface area contributed by atoms with Gasteiger partial charge in [-0.05, 0) is 24.6 Å². The molecule has 1 aromatic carbocycles. The van der Waals surface area contributed by atoms with Crippen LogP contribution in [0.15, 0.2) is 18.2 Å². The highest BCUT2D eigenvalue weighted by molar-refractivity contribution is 5.81. The number of hydrogen-bond acceptors (Lipinski definition) is 2. The van der Waals surface area contributed by atoms with Crippen LogP contribution in [0.4, 0.5) is 0 Å². The Morgan fingerprint density at radius 3 is 2.56 bits per heavy atom. The SMILES string of the molecule is CC(C)c1nc2ccc(C(C)C(=O)O)cc2n1C. The smallest absolute Gasteiger partial charge is 0.310 e. The van der Waals surface area contributed by atoms with Crippen LogP contribution in [0.1, 0.15) is 44.0 Å². The summed E-state index contributed by atoms with van der Waals surface area (Å²) in [7, 11) is 1.97. The van der Waals surface area contributed by atoms with Crippen LogP contribution in [0.5, 0.6) is 0 Å². The quantitative estimate of drug-likeness (QED) is 0.906. The predicted molar refractivity (Wildman–Crippen MR) is 70.9 cm³/mol. The molecule has 0 fully saturated rings. The predicted octanol–water partition coefficient (Wildman–Crippen LogP) is 2.88. The number of imidazole rings is 1. The van der Waals surface area contributed by atoms with E-state index in [2.05, 4.69) is 18.8 Å². The number of hydrogen-bond donors (Lipinski definition) is 1. The number of carboxylic acid groups (broad SMARTS) is 1. The summed E-state index contributed by atoms with van der Waals surface area (Å²) in [5.74, 6) is 0.0697. The number of aromatic nitrogens is 2. The number of aryl methyl sites for hydroxylation is 1. The first kappa shape index (κ1) is 12.6. The molecule has 0 radical (unpaired) electrons. The number of nitrogens with zero attached hydrogens (tertiary/aromatic N) is 2. The van der Waals surface area contributed by atoms with E-state index in [1.54, 1.807) is 6.92 Å². The van der Waals surface area contributed by atoms with Crippen LogP contribution < -0.4 is 0 Å². The maximum Gasteiger partial charge on any atom is 0.310 e. The van der Waals surface area contributed by atoms with Crippen molar-refractivity contribution in [2.24, 2.45) is 7.05 Å². The van der Waals surface area contributed by atoms with E-state index in [9.17, 15) is 4.79 Å². The minimum absolute atomic E-state index is 0.350. The Morgan fingerprint density at radius 1 is 1.33 bits per heavy atom. The highest BCUT2D eigenvalue weighted by Crippen LogP contribution is 2.24. The second-order valence-corrected chi connectivity index (χ2v) is 4.99. The molecule has 0 aliphatic rings. The van der Waals surface area contributed by atoms with E-state index < -0.39 is 11.9 Å². The van der Waals surface area contributed by atoms with Crippen LogP contribution in [0.3, 0.4) is 0 Å². The van der Waals surface area contributed by atoms with Gasteiger partial charge in [0, 0.05) is 13.0 Å².